The van der Waals surface area contributed by atoms with Gasteiger partial charge in [0, 0.05) is 12.2 Å². The summed E-state index contributed by atoms with van der Waals surface area (Å²) in [4.78, 5) is 39.5. The highest BCUT2D eigenvalue weighted by Gasteiger charge is 2.30. The van der Waals surface area contributed by atoms with Crippen LogP contribution < -0.4 is 16.0 Å². The number of anilines is 1. The summed E-state index contributed by atoms with van der Waals surface area (Å²) in [5.41, 5.74) is 2.42. The molecule has 1 unspecified atom stereocenters. The molecule has 2 aromatic carbocycles. The van der Waals surface area contributed by atoms with Crippen molar-refractivity contribution < 1.29 is 14.4 Å². The van der Waals surface area contributed by atoms with Crippen LogP contribution in [0.15, 0.2) is 54.6 Å². The molecule has 7 nitrogen and oxygen atoms in total. The van der Waals surface area contributed by atoms with E-state index in [1.54, 1.807) is 11.8 Å². The molecule has 0 fully saturated rings. The Balaban J connectivity index is 2.24. The Bertz CT molecular complexity index is 855. The predicted molar refractivity (Wildman–Crippen MR) is 118 cm³/mol. The third kappa shape index (κ3) is 6.70. The zero-order chi connectivity index (χ0) is 21.9. The minimum Gasteiger partial charge on any atom is -0.338 e. The maximum atomic E-state index is 13.0. The van der Waals surface area contributed by atoms with Crippen molar-refractivity contribution in [2.45, 2.75) is 33.2 Å². The van der Waals surface area contributed by atoms with Crippen molar-refractivity contribution in [2.75, 3.05) is 25.0 Å². The maximum absolute atomic E-state index is 13.0. The molecule has 0 aliphatic rings. The SMILES string of the molecule is CCCN(CC(=O)Nc1ccccc1C)C(C(=O)NC(=O)NCC)c1ccccc1. The van der Waals surface area contributed by atoms with E-state index in [0.717, 1.165) is 23.2 Å². The summed E-state index contributed by atoms with van der Waals surface area (Å²) in [6, 6.07) is 15.4. The van der Waals surface area contributed by atoms with Crippen molar-refractivity contribution in [3.8, 4) is 0 Å². The van der Waals surface area contributed by atoms with Crippen molar-refractivity contribution >= 4 is 23.5 Å². The van der Waals surface area contributed by atoms with Gasteiger partial charge >= 0.3 is 6.03 Å². The number of nitrogens with one attached hydrogen (secondary N) is 3. The van der Waals surface area contributed by atoms with Gasteiger partial charge in [-0.3, -0.25) is 19.8 Å². The monoisotopic (exact) mass is 410 g/mol. The van der Waals surface area contributed by atoms with Gasteiger partial charge in [-0.15, -0.1) is 0 Å². The molecule has 30 heavy (non-hydrogen) atoms. The molecule has 0 aliphatic heterocycles. The van der Waals surface area contributed by atoms with Gasteiger partial charge in [0.25, 0.3) is 0 Å². The minimum absolute atomic E-state index is 0.0184. The van der Waals surface area contributed by atoms with E-state index >= 15 is 0 Å². The Hall–Kier alpha value is -3.19. The Morgan fingerprint density at radius 1 is 0.967 bits per heavy atom. The molecular formula is C23H30N4O3. The van der Waals surface area contributed by atoms with Crippen LogP contribution in [0, 0.1) is 6.92 Å². The number of aryl methyl sites for hydroxylation is 1. The van der Waals surface area contributed by atoms with Crippen molar-refractivity contribution in [2.24, 2.45) is 0 Å². The lowest BCUT2D eigenvalue weighted by Crippen LogP contribution is -2.48. The normalized spacial score (nSPS) is 11.6. The summed E-state index contributed by atoms with van der Waals surface area (Å²) in [5.74, 6) is -0.686. The van der Waals surface area contributed by atoms with Crippen molar-refractivity contribution in [3.63, 3.8) is 0 Å². The van der Waals surface area contributed by atoms with Gasteiger partial charge in [-0.2, -0.15) is 0 Å². The van der Waals surface area contributed by atoms with Crippen LogP contribution in [0.4, 0.5) is 10.5 Å². The second-order valence-electron chi connectivity index (χ2n) is 7.00. The summed E-state index contributed by atoms with van der Waals surface area (Å²) in [5, 5.41) is 7.87. The van der Waals surface area contributed by atoms with Crippen LogP contribution in [0.2, 0.25) is 0 Å². The Kier molecular flexibility index (Phi) is 9.03. The number of hydrogen-bond donors (Lipinski definition) is 3. The Morgan fingerprint density at radius 3 is 2.27 bits per heavy atom. The Morgan fingerprint density at radius 2 is 1.63 bits per heavy atom. The zero-order valence-corrected chi connectivity index (χ0v) is 17.8. The van der Waals surface area contributed by atoms with Gasteiger partial charge in [-0.1, -0.05) is 55.5 Å². The van der Waals surface area contributed by atoms with Gasteiger partial charge in [0.1, 0.15) is 6.04 Å². The number of benzene rings is 2. The van der Waals surface area contributed by atoms with Gasteiger partial charge in [0.05, 0.1) is 6.54 Å². The number of carbonyl (C=O) groups is 3. The lowest BCUT2D eigenvalue weighted by molar-refractivity contribution is -0.127. The van der Waals surface area contributed by atoms with Crippen LogP contribution in [0.1, 0.15) is 37.4 Å². The first-order chi connectivity index (χ1) is 14.5. The molecule has 0 spiro atoms. The smallest absolute Gasteiger partial charge is 0.321 e. The summed E-state index contributed by atoms with van der Waals surface area (Å²) in [6.45, 7) is 6.63. The fraction of sp³-hybridized carbons (Fsp3) is 0.348. The largest absolute Gasteiger partial charge is 0.338 e. The van der Waals surface area contributed by atoms with E-state index in [-0.39, 0.29) is 12.5 Å². The van der Waals surface area contributed by atoms with Gasteiger partial charge in [0.15, 0.2) is 0 Å². The number of imide groups is 1. The number of hydrogen-bond acceptors (Lipinski definition) is 4. The molecular weight excluding hydrogens is 380 g/mol. The maximum Gasteiger partial charge on any atom is 0.321 e. The summed E-state index contributed by atoms with van der Waals surface area (Å²) < 4.78 is 0. The lowest BCUT2D eigenvalue weighted by atomic mass is 10.0. The van der Waals surface area contributed by atoms with Crippen LogP contribution in [-0.4, -0.2) is 42.4 Å². The fourth-order valence-corrected chi connectivity index (χ4v) is 3.22. The van der Waals surface area contributed by atoms with E-state index in [1.807, 2.05) is 68.4 Å². The topological polar surface area (TPSA) is 90.5 Å². The summed E-state index contributed by atoms with van der Waals surface area (Å²) >= 11 is 0. The summed E-state index contributed by atoms with van der Waals surface area (Å²) in [7, 11) is 0. The minimum atomic E-state index is -0.767. The third-order valence-electron chi connectivity index (χ3n) is 4.58. The average Bonchev–Trinajstić information content (AvgIpc) is 2.71. The van der Waals surface area contributed by atoms with Crippen molar-refractivity contribution in [1.82, 2.24) is 15.5 Å². The lowest BCUT2D eigenvalue weighted by Gasteiger charge is -2.30. The highest BCUT2D eigenvalue weighted by Crippen LogP contribution is 2.22. The molecule has 160 valence electrons. The van der Waals surface area contributed by atoms with E-state index in [9.17, 15) is 14.4 Å². The highest BCUT2D eigenvalue weighted by atomic mass is 16.2. The van der Waals surface area contributed by atoms with Crippen LogP contribution in [0.5, 0.6) is 0 Å². The highest BCUT2D eigenvalue weighted by molar-refractivity contribution is 5.98. The molecule has 0 aromatic heterocycles. The van der Waals surface area contributed by atoms with Gasteiger partial charge < -0.3 is 10.6 Å². The van der Waals surface area contributed by atoms with E-state index in [2.05, 4.69) is 16.0 Å². The van der Waals surface area contributed by atoms with Crippen LogP contribution in [0.3, 0.4) is 0 Å². The van der Waals surface area contributed by atoms with Crippen molar-refractivity contribution in [3.05, 3.63) is 65.7 Å². The first-order valence-corrected chi connectivity index (χ1v) is 10.2. The molecule has 1 atom stereocenters. The number of nitrogens with zero attached hydrogens (tertiary/aromatic N) is 1. The number of rotatable bonds is 9. The van der Waals surface area contributed by atoms with Crippen LogP contribution in [-0.2, 0) is 9.59 Å². The summed E-state index contributed by atoms with van der Waals surface area (Å²) in [6.07, 6.45) is 0.745. The predicted octanol–water partition coefficient (Wildman–Crippen LogP) is 3.23. The second kappa shape index (κ2) is 11.7. The number of urea groups is 1. The second-order valence-corrected chi connectivity index (χ2v) is 7.00. The molecule has 0 saturated heterocycles. The van der Waals surface area contributed by atoms with Crippen LogP contribution >= 0.6 is 0 Å². The van der Waals surface area contributed by atoms with Crippen LogP contribution in [0.25, 0.3) is 0 Å². The van der Waals surface area contributed by atoms with E-state index in [0.29, 0.717) is 13.1 Å². The molecule has 0 radical (unpaired) electrons. The molecule has 0 bridgehead atoms. The van der Waals surface area contributed by atoms with E-state index < -0.39 is 18.0 Å². The molecule has 3 N–H and O–H groups in total. The molecule has 0 saturated carbocycles. The molecule has 0 aliphatic carbocycles. The standard InChI is InChI=1S/C23H30N4O3/c1-4-15-27(16-20(28)25-19-14-10-9-11-17(19)3)21(18-12-7-6-8-13-18)22(29)26-23(30)24-5-2/h6-14,21H,4-5,15-16H2,1-3H3,(H,25,28)(H2,24,26,29,30). The fourth-order valence-electron chi connectivity index (χ4n) is 3.22. The number of carbonyl (C=O) groups excluding carboxylic acids is 3. The molecule has 4 amide bonds. The van der Waals surface area contributed by atoms with Gasteiger partial charge in [0.2, 0.25) is 11.8 Å². The average molecular weight is 411 g/mol. The first-order valence-electron chi connectivity index (χ1n) is 10.2. The third-order valence-corrected chi connectivity index (χ3v) is 4.58. The zero-order valence-electron chi connectivity index (χ0n) is 17.8. The van der Waals surface area contributed by atoms with Gasteiger partial charge in [-0.05, 0) is 44.0 Å². The first kappa shape index (κ1) is 23.1. The van der Waals surface area contributed by atoms with Crippen molar-refractivity contribution in [1.29, 1.82) is 0 Å². The van der Waals surface area contributed by atoms with Gasteiger partial charge in [-0.25, -0.2) is 4.79 Å². The quantitative estimate of drug-likeness (QED) is 0.592. The molecule has 2 rings (SSSR count). The Labute approximate surface area is 177 Å². The molecule has 7 heteroatoms. The number of amides is 4. The van der Waals surface area contributed by atoms with E-state index in [4.69, 9.17) is 0 Å². The molecule has 0 heterocycles. The molecule has 2 aromatic rings. The van der Waals surface area contributed by atoms with E-state index in [1.165, 1.54) is 0 Å². The number of para-hydroxylation sites is 1.